The Kier molecular flexibility index (Phi) is 13.9. The van der Waals surface area contributed by atoms with Crippen LogP contribution in [-0.4, -0.2) is 43.7 Å². The Morgan fingerprint density at radius 3 is 1.22 bits per heavy atom. The van der Waals surface area contributed by atoms with Crippen LogP contribution in [0.2, 0.25) is 0 Å². The molecule has 1 aliphatic rings. The van der Waals surface area contributed by atoms with Crippen LogP contribution in [0.4, 0.5) is 0 Å². The Morgan fingerprint density at radius 2 is 1.00 bits per heavy atom. The highest BCUT2D eigenvalue weighted by molar-refractivity contribution is 6.11. The van der Waals surface area contributed by atoms with E-state index in [0.717, 1.165) is 34.1 Å². The van der Waals surface area contributed by atoms with E-state index >= 15 is 0 Å². The van der Waals surface area contributed by atoms with Gasteiger partial charge in [0.05, 0.1) is 5.54 Å². The Morgan fingerprint density at radius 1 is 0.667 bits per heavy atom. The fourth-order valence-electron chi connectivity index (χ4n) is 4.04. The van der Waals surface area contributed by atoms with Gasteiger partial charge in [-0.1, -0.05) is 83.1 Å². The number of hydrogen-bond donors (Lipinski definition) is 4. The molecule has 0 bridgehead atoms. The Labute approximate surface area is 274 Å². The molecule has 0 atom stereocenters. The first kappa shape index (κ1) is 42.3. The maximum absolute atomic E-state index is 12.8. The molecule has 0 saturated heterocycles. The number of benzene rings is 1. The van der Waals surface area contributed by atoms with Crippen LogP contribution in [-0.2, 0) is 15.6 Å². The molecule has 256 valence electrons. The third kappa shape index (κ3) is 13.6. The number of phenolic OH excluding ortho intramolecular Hbond substituents is 1. The molecule has 0 unspecified atom stereocenters. The van der Waals surface area contributed by atoms with Crippen molar-refractivity contribution in [2.24, 2.45) is 10.8 Å². The summed E-state index contributed by atoms with van der Waals surface area (Å²) in [5.41, 5.74) is 5.44. The number of allylic oxidation sites excluding steroid dienone is 5. The minimum Gasteiger partial charge on any atom is -0.507 e. The van der Waals surface area contributed by atoms with Crippen molar-refractivity contribution >= 4 is 12.1 Å². The van der Waals surface area contributed by atoms with Gasteiger partial charge in [-0.05, 0) is 93.1 Å². The molecule has 2 rings (SSSR count). The molecular formula is C38H64N2O5. The van der Waals surface area contributed by atoms with Crippen molar-refractivity contribution in [2.45, 2.75) is 147 Å². The molecule has 0 aromatic heterocycles. The molecule has 0 radical (unpaired) electrons. The average Bonchev–Trinajstić information content (AvgIpc) is 2.82. The van der Waals surface area contributed by atoms with Crippen LogP contribution in [0.3, 0.4) is 0 Å². The number of carbonyl (C=O) groups is 2. The molecule has 0 saturated carbocycles. The zero-order chi connectivity index (χ0) is 36.1. The molecule has 0 amide bonds. The van der Waals surface area contributed by atoms with Gasteiger partial charge in [0.25, 0.3) is 0 Å². The lowest BCUT2D eigenvalue weighted by atomic mass is 9.72. The third-order valence-corrected chi connectivity index (χ3v) is 6.91. The summed E-state index contributed by atoms with van der Waals surface area (Å²) in [6, 6.07) is 3.55. The first-order valence-corrected chi connectivity index (χ1v) is 15.7. The summed E-state index contributed by atoms with van der Waals surface area (Å²) >= 11 is 0. The molecule has 1 aromatic rings. The summed E-state index contributed by atoms with van der Waals surface area (Å²) in [7, 11) is 0. The van der Waals surface area contributed by atoms with Gasteiger partial charge in [0.15, 0.2) is 5.78 Å². The van der Waals surface area contributed by atoms with Crippen molar-refractivity contribution in [3.63, 3.8) is 0 Å². The van der Waals surface area contributed by atoms with Crippen LogP contribution < -0.4 is 5.48 Å². The predicted molar refractivity (Wildman–Crippen MR) is 187 cm³/mol. The van der Waals surface area contributed by atoms with Crippen molar-refractivity contribution in [1.82, 2.24) is 10.5 Å². The zero-order valence-electron chi connectivity index (χ0n) is 31.6. The van der Waals surface area contributed by atoms with E-state index in [1.165, 1.54) is 5.06 Å². The molecule has 0 spiro atoms. The smallest absolute Gasteiger partial charge is 0.186 e. The molecule has 7 heteroatoms. The van der Waals surface area contributed by atoms with Crippen LogP contribution in [0.5, 0.6) is 5.75 Å². The van der Waals surface area contributed by atoms with Gasteiger partial charge in [-0.2, -0.15) is 0 Å². The van der Waals surface area contributed by atoms with Crippen LogP contribution in [0.25, 0.3) is 0 Å². The topological polar surface area (TPSA) is 110 Å². The fraction of sp³-hybridized carbons (Fsp3) is 0.632. The Bertz CT molecular complexity index is 1200. The van der Waals surface area contributed by atoms with Crippen molar-refractivity contribution in [3.05, 3.63) is 63.9 Å². The van der Waals surface area contributed by atoms with Gasteiger partial charge >= 0.3 is 0 Å². The SMILES string of the molecule is CC(C)(C)C1=CC(=CN(O)C(C)(C)C)C=C(C(C)(C)C)C1=O.CC(C)(C)NO.CC(C)(C)c1cc(C=O)cc(C(C)(C)C)c1O. The number of ketones is 1. The van der Waals surface area contributed by atoms with E-state index in [0.29, 0.717) is 11.3 Å². The third-order valence-electron chi connectivity index (χ3n) is 6.91. The van der Waals surface area contributed by atoms with E-state index in [9.17, 15) is 19.9 Å². The average molecular weight is 629 g/mol. The first-order chi connectivity index (χ1) is 19.8. The number of Topliss-reactive ketones (excluding diaryl/α,β-unsaturated/α-hetero) is 1. The van der Waals surface area contributed by atoms with Crippen LogP contribution in [0.15, 0.2) is 47.2 Å². The highest BCUT2D eigenvalue weighted by Gasteiger charge is 2.34. The highest BCUT2D eigenvalue weighted by Crippen LogP contribution is 2.40. The number of carbonyl (C=O) groups excluding carboxylic acids is 2. The highest BCUT2D eigenvalue weighted by atomic mass is 16.5. The van der Waals surface area contributed by atoms with Crippen molar-refractivity contribution in [1.29, 1.82) is 0 Å². The monoisotopic (exact) mass is 628 g/mol. The Balaban J connectivity index is 0.000000744. The van der Waals surface area contributed by atoms with Crippen LogP contribution >= 0.6 is 0 Å². The minimum absolute atomic E-state index is 0.109. The molecule has 1 aromatic carbocycles. The van der Waals surface area contributed by atoms with E-state index in [2.05, 4.69) is 5.48 Å². The van der Waals surface area contributed by atoms with Gasteiger partial charge in [-0.3, -0.25) is 19.9 Å². The number of nitrogens with one attached hydrogen (secondary N) is 1. The molecule has 1 aliphatic carbocycles. The quantitative estimate of drug-likeness (QED) is 0.191. The summed E-state index contributed by atoms with van der Waals surface area (Å²) < 4.78 is 0. The van der Waals surface area contributed by atoms with Gasteiger partial charge in [-0.15, -0.1) is 0 Å². The lowest BCUT2D eigenvalue weighted by Gasteiger charge is -2.33. The van der Waals surface area contributed by atoms with Crippen LogP contribution in [0, 0.1) is 10.8 Å². The largest absolute Gasteiger partial charge is 0.507 e. The second-order valence-electron chi connectivity index (χ2n) is 18.0. The van der Waals surface area contributed by atoms with Crippen LogP contribution in [0.1, 0.15) is 146 Å². The number of phenols is 1. The summed E-state index contributed by atoms with van der Waals surface area (Å²) in [5, 5.41) is 29.9. The van der Waals surface area contributed by atoms with Gasteiger partial charge < -0.3 is 10.3 Å². The lowest BCUT2D eigenvalue weighted by Crippen LogP contribution is -2.35. The van der Waals surface area contributed by atoms with E-state index in [1.807, 2.05) is 137 Å². The van der Waals surface area contributed by atoms with Crippen molar-refractivity contribution in [2.75, 3.05) is 0 Å². The maximum atomic E-state index is 12.8. The second-order valence-corrected chi connectivity index (χ2v) is 18.0. The van der Waals surface area contributed by atoms with Crippen molar-refractivity contribution in [3.8, 4) is 5.75 Å². The van der Waals surface area contributed by atoms with E-state index in [4.69, 9.17) is 5.21 Å². The second kappa shape index (κ2) is 14.8. The van der Waals surface area contributed by atoms with Gasteiger partial charge in [0, 0.05) is 39.6 Å². The normalized spacial score (nSPS) is 14.8. The number of hydroxylamine groups is 3. The molecule has 45 heavy (non-hydrogen) atoms. The Hall–Kier alpha value is -2.74. The van der Waals surface area contributed by atoms with Gasteiger partial charge in [0.1, 0.15) is 12.0 Å². The standard InChI is InChI=1S/C19H31NO2.C15H22O2.C4H11NO/c1-17(2,3)14-10-13(12-20(22)19(7,8)9)11-15(16(14)21)18(4,5)6;1-14(2,3)11-7-10(9-16)8-12(13(11)17)15(4,5)6;1-4(2,3)5-6/h10-12,22H,1-9H3;7-9,17H,1-6H3;5-6H,1-3H3. The lowest BCUT2D eigenvalue weighted by molar-refractivity contribution is -0.114. The minimum atomic E-state index is -0.389. The summed E-state index contributed by atoms with van der Waals surface area (Å²) in [6.45, 7) is 35.9. The predicted octanol–water partition coefficient (Wildman–Crippen LogP) is 9.45. The number of hydrogen-bond acceptors (Lipinski definition) is 7. The molecule has 4 N–H and O–H groups in total. The zero-order valence-corrected chi connectivity index (χ0v) is 31.6. The molecule has 0 heterocycles. The summed E-state index contributed by atoms with van der Waals surface area (Å²) in [4.78, 5) is 23.8. The van der Waals surface area contributed by atoms with E-state index in [-0.39, 0.29) is 38.5 Å². The molecule has 0 fully saturated rings. The van der Waals surface area contributed by atoms with Crippen molar-refractivity contribution < 1.29 is 25.1 Å². The fourth-order valence-corrected chi connectivity index (χ4v) is 4.04. The number of aromatic hydroxyl groups is 1. The van der Waals surface area contributed by atoms with Gasteiger partial charge in [0.2, 0.25) is 0 Å². The van der Waals surface area contributed by atoms with E-state index < -0.39 is 0 Å². The molecule has 7 nitrogen and oxygen atoms in total. The molecule has 0 aliphatic heterocycles. The maximum Gasteiger partial charge on any atom is 0.186 e. The molecular weight excluding hydrogens is 564 g/mol. The number of rotatable bonds is 2. The number of nitrogens with zero attached hydrogens (tertiary/aromatic N) is 1. The first-order valence-electron chi connectivity index (χ1n) is 15.7. The summed E-state index contributed by atoms with van der Waals surface area (Å²) in [5.74, 6) is 0.424. The number of aldehydes is 1. The van der Waals surface area contributed by atoms with E-state index in [1.54, 1.807) is 18.3 Å². The summed E-state index contributed by atoms with van der Waals surface area (Å²) in [6.07, 6.45) is 6.33. The van der Waals surface area contributed by atoms with Gasteiger partial charge in [-0.25, -0.2) is 5.48 Å².